The van der Waals surface area contributed by atoms with E-state index in [1.165, 1.54) is 0 Å². The Morgan fingerprint density at radius 3 is 2.06 bits per heavy atom. The normalized spacial score (nSPS) is 15.4. The van der Waals surface area contributed by atoms with Gasteiger partial charge in [-0.05, 0) is 49.3 Å². The van der Waals surface area contributed by atoms with E-state index < -0.39 is 29.4 Å². The zero-order valence-electron chi connectivity index (χ0n) is 22.0. The van der Waals surface area contributed by atoms with Crippen molar-refractivity contribution in [3.05, 3.63) is 65.2 Å². The van der Waals surface area contributed by atoms with Crippen LogP contribution in [0, 0.1) is 37.5 Å². The number of aliphatic hydroxyl groups is 1. The first kappa shape index (κ1) is 28.7. The Hall–Kier alpha value is -2.54. The fraction of sp³-hybridized carbons (Fsp3) is 0.517. The molecule has 0 bridgehead atoms. The second-order valence-corrected chi connectivity index (χ2v) is 10.1. The molecule has 0 radical (unpaired) electrons. The van der Waals surface area contributed by atoms with Crippen LogP contribution in [-0.2, 0) is 15.3 Å². The number of aliphatic hydroxyl groups excluding tert-OH is 1. The van der Waals surface area contributed by atoms with Crippen LogP contribution in [0.1, 0.15) is 57.2 Å². The van der Waals surface area contributed by atoms with Gasteiger partial charge in [-0.25, -0.2) is 0 Å². The topological polar surface area (TPSA) is 116 Å². The molecule has 192 valence electrons. The van der Waals surface area contributed by atoms with Gasteiger partial charge in [0.05, 0.1) is 12.0 Å². The van der Waals surface area contributed by atoms with Gasteiger partial charge in [0.25, 0.3) is 0 Å². The fourth-order valence-electron chi connectivity index (χ4n) is 4.65. The highest BCUT2D eigenvalue weighted by Crippen LogP contribution is 2.32. The van der Waals surface area contributed by atoms with Crippen LogP contribution in [0.2, 0.25) is 0 Å². The summed E-state index contributed by atoms with van der Waals surface area (Å²) in [7, 11) is 0. The molecule has 1 unspecified atom stereocenters. The molecule has 0 aliphatic carbocycles. The second kappa shape index (κ2) is 12.4. The first-order valence-corrected chi connectivity index (χ1v) is 12.5. The molecule has 5 N–H and O–H groups in total. The number of rotatable bonds is 13. The van der Waals surface area contributed by atoms with Crippen molar-refractivity contribution < 1.29 is 19.4 Å². The molecule has 6 heteroatoms. The highest BCUT2D eigenvalue weighted by molar-refractivity contribution is 5.85. The number of hydrogen-bond donors (Lipinski definition) is 3. The van der Waals surface area contributed by atoms with Crippen LogP contribution in [0.25, 0.3) is 0 Å². The smallest absolute Gasteiger partial charge is 0.179 e. The monoisotopic (exact) mass is 482 g/mol. The van der Waals surface area contributed by atoms with Gasteiger partial charge in [0.2, 0.25) is 0 Å². The van der Waals surface area contributed by atoms with Crippen molar-refractivity contribution in [1.82, 2.24) is 0 Å². The van der Waals surface area contributed by atoms with Crippen molar-refractivity contribution in [2.75, 3.05) is 6.61 Å². The van der Waals surface area contributed by atoms with E-state index in [-0.39, 0.29) is 30.6 Å². The SMILES string of the molecule is CCC(C)C(=O)[C@@H](C[C@H](O)[C@@H](C(=O)COc1c(C)cccc1C)C(N)(N)c1ccccc1)C(C)C. The summed E-state index contributed by atoms with van der Waals surface area (Å²) in [6, 6.07) is 14.6. The van der Waals surface area contributed by atoms with Crippen molar-refractivity contribution in [3.8, 4) is 5.75 Å². The van der Waals surface area contributed by atoms with Gasteiger partial charge in [0.1, 0.15) is 23.8 Å². The summed E-state index contributed by atoms with van der Waals surface area (Å²) in [5.74, 6) is -1.42. The van der Waals surface area contributed by atoms with Crippen molar-refractivity contribution in [2.24, 2.45) is 35.1 Å². The Morgan fingerprint density at radius 2 is 1.54 bits per heavy atom. The molecule has 0 heterocycles. The number of ketones is 2. The number of benzene rings is 2. The number of carbonyl (C=O) groups is 2. The molecule has 2 aromatic rings. The lowest BCUT2D eigenvalue weighted by molar-refractivity contribution is -0.136. The van der Waals surface area contributed by atoms with Crippen molar-refractivity contribution >= 4 is 11.6 Å². The summed E-state index contributed by atoms with van der Waals surface area (Å²) >= 11 is 0. The van der Waals surface area contributed by atoms with E-state index in [0.717, 1.165) is 11.1 Å². The lowest BCUT2D eigenvalue weighted by atomic mass is 9.74. The van der Waals surface area contributed by atoms with Gasteiger partial charge in [-0.3, -0.25) is 9.59 Å². The summed E-state index contributed by atoms with van der Waals surface area (Å²) in [6.07, 6.45) is -0.408. The maximum Gasteiger partial charge on any atom is 0.179 e. The van der Waals surface area contributed by atoms with Crippen LogP contribution < -0.4 is 16.2 Å². The van der Waals surface area contributed by atoms with Gasteiger partial charge in [0.15, 0.2) is 5.78 Å². The van der Waals surface area contributed by atoms with Crippen molar-refractivity contribution in [3.63, 3.8) is 0 Å². The molecule has 2 aromatic carbocycles. The lowest BCUT2D eigenvalue weighted by Gasteiger charge is -2.38. The molecule has 4 atom stereocenters. The van der Waals surface area contributed by atoms with Crippen LogP contribution in [0.3, 0.4) is 0 Å². The molecule has 0 aliphatic rings. The first-order chi connectivity index (χ1) is 16.4. The molecule has 0 aliphatic heterocycles. The van der Waals surface area contributed by atoms with Gasteiger partial charge in [-0.2, -0.15) is 0 Å². The maximum absolute atomic E-state index is 13.6. The summed E-state index contributed by atoms with van der Waals surface area (Å²) in [4.78, 5) is 26.6. The van der Waals surface area contributed by atoms with Gasteiger partial charge >= 0.3 is 0 Å². The Balaban J connectivity index is 2.39. The van der Waals surface area contributed by atoms with Crippen LogP contribution >= 0.6 is 0 Å². The van der Waals surface area contributed by atoms with E-state index in [1.54, 1.807) is 24.3 Å². The zero-order valence-corrected chi connectivity index (χ0v) is 22.0. The Bertz CT molecular complexity index is 967. The predicted octanol–water partition coefficient (Wildman–Crippen LogP) is 4.28. The second-order valence-electron chi connectivity index (χ2n) is 10.1. The summed E-state index contributed by atoms with van der Waals surface area (Å²) in [5, 5.41) is 11.4. The molecule has 0 spiro atoms. The largest absolute Gasteiger partial charge is 0.485 e. The van der Waals surface area contributed by atoms with Crippen molar-refractivity contribution in [1.29, 1.82) is 0 Å². The van der Waals surface area contributed by atoms with Crippen LogP contribution in [0.5, 0.6) is 5.75 Å². The lowest BCUT2D eigenvalue weighted by Crippen LogP contribution is -2.60. The molecule has 2 rings (SSSR count). The molecular formula is C29H42N2O4. The van der Waals surface area contributed by atoms with E-state index >= 15 is 0 Å². The van der Waals surface area contributed by atoms with E-state index in [9.17, 15) is 14.7 Å². The van der Waals surface area contributed by atoms with Gasteiger partial charge in [0, 0.05) is 11.8 Å². The number of nitrogens with two attached hydrogens (primary N) is 2. The molecule has 0 aromatic heterocycles. The minimum atomic E-state index is -1.65. The average Bonchev–Trinajstić information content (AvgIpc) is 2.81. The van der Waals surface area contributed by atoms with E-state index in [4.69, 9.17) is 16.2 Å². The minimum absolute atomic E-state index is 0.00514. The van der Waals surface area contributed by atoms with Crippen LogP contribution in [0.4, 0.5) is 0 Å². The molecule has 35 heavy (non-hydrogen) atoms. The Labute approximate surface area is 210 Å². The van der Waals surface area contributed by atoms with E-state index in [0.29, 0.717) is 17.7 Å². The Morgan fingerprint density at radius 1 is 0.971 bits per heavy atom. The van der Waals surface area contributed by atoms with Crippen LogP contribution in [-0.4, -0.2) is 29.4 Å². The number of carbonyl (C=O) groups excluding carboxylic acids is 2. The quantitative estimate of drug-likeness (QED) is 0.367. The fourth-order valence-corrected chi connectivity index (χ4v) is 4.65. The number of ether oxygens (including phenoxy) is 1. The minimum Gasteiger partial charge on any atom is -0.485 e. The number of para-hydroxylation sites is 1. The Kier molecular flexibility index (Phi) is 10.2. The maximum atomic E-state index is 13.6. The molecule has 0 fully saturated rings. The molecular weight excluding hydrogens is 440 g/mol. The highest BCUT2D eigenvalue weighted by Gasteiger charge is 2.44. The summed E-state index contributed by atoms with van der Waals surface area (Å²) in [6.45, 7) is 11.3. The highest BCUT2D eigenvalue weighted by atomic mass is 16.5. The zero-order chi connectivity index (χ0) is 26.3. The third-order valence-corrected chi connectivity index (χ3v) is 7.05. The van der Waals surface area contributed by atoms with E-state index in [2.05, 4.69) is 0 Å². The first-order valence-electron chi connectivity index (χ1n) is 12.5. The van der Waals surface area contributed by atoms with Gasteiger partial charge in [-0.15, -0.1) is 0 Å². The standard InChI is InChI=1S/C29H42N2O4/c1-7-19(4)27(34)23(18(2)3)16-24(32)26(29(30,31)22-14-9-8-10-15-22)25(33)17-35-28-20(5)12-11-13-21(28)6/h8-15,18-19,23-24,26,32H,7,16-17,30-31H2,1-6H3/t19?,23-,24-,26-/m0/s1. The molecule has 0 amide bonds. The number of Topliss-reactive ketones (excluding diaryl/α,β-unsaturated/α-hetero) is 2. The van der Waals surface area contributed by atoms with Gasteiger partial charge in [-0.1, -0.05) is 76.2 Å². The third-order valence-electron chi connectivity index (χ3n) is 7.05. The predicted molar refractivity (Wildman–Crippen MR) is 140 cm³/mol. The molecule has 0 saturated carbocycles. The van der Waals surface area contributed by atoms with Crippen molar-refractivity contribution in [2.45, 2.75) is 66.2 Å². The molecule has 0 saturated heterocycles. The number of aryl methyl sites for hydroxylation is 2. The average molecular weight is 483 g/mol. The third kappa shape index (κ3) is 7.00. The van der Waals surface area contributed by atoms with Gasteiger partial charge < -0.3 is 21.3 Å². The molecule has 6 nitrogen and oxygen atoms in total. The number of hydrogen-bond acceptors (Lipinski definition) is 6. The van der Waals surface area contributed by atoms with Crippen LogP contribution in [0.15, 0.2) is 48.5 Å². The summed E-state index contributed by atoms with van der Waals surface area (Å²) in [5.41, 5.74) is 13.9. The van der Waals surface area contributed by atoms with E-state index in [1.807, 2.05) is 65.8 Å². The summed E-state index contributed by atoms with van der Waals surface area (Å²) < 4.78 is 5.91.